The fourth-order valence-corrected chi connectivity index (χ4v) is 5.92. The van der Waals surface area contributed by atoms with Crippen LogP contribution in [0.5, 0.6) is 0 Å². The molecule has 3 aromatic rings. The number of nitrogens with two attached hydrogens (primary N) is 1. The molecule has 5 rings (SSSR count). The van der Waals surface area contributed by atoms with Crippen LogP contribution >= 0.6 is 11.3 Å². The summed E-state index contributed by atoms with van der Waals surface area (Å²) in [5, 5.41) is 15.5. The van der Waals surface area contributed by atoms with Crippen molar-refractivity contribution in [3.63, 3.8) is 0 Å². The van der Waals surface area contributed by atoms with Gasteiger partial charge in [0.2, 0.25) is 5.91 Å². The maximum absolute atomic E-state index is 14.9. The highest BCUT2D eigenvalue weighted by Crippen LogP contribution is 2.44. The maximum Gasteiger partial charge on any atom is 0.409 e. The molecule has 10 heteroatoms. The van der Waals surface area contributed by atoms with E-state index in [0.717, 1.165) is 49.7 Å². The Labute approximate surface area is 225 Å². The van der Waals surface area contributed by atoms with E-state index in [0.29, 0.717) is 29.1 Å². The van der Waals surface area contributed by atoms with E-state index < -0.39 is 5.54 Å². The van der Waals surface area contributed by atoms with Crippen LogP contribution < -0.4 is 11.1 Å². The first-order chi connectivity index (χ1) is 18.3. The molecule has 2 aliphatic rings. The zero-order valence-electron chi connectivity index (χ0n) is 21.6. The van der Waals surface area contributed by atoms with Crippen LogP contribution in [0.25, 0.3) is 22.4 Å². The van der Waals surface area contributed by atoms with Gasteiger partial charge in [-0.15, -0.1) is 10.2 Å². The number of carbonyl (C=O) groups excluding carboxylic acids is 2. The van der Waals surface area contributed by atoms with Crippen LogP contribution in [0, 0.1) is 11.7 Å². The second-order valence-corrected chi connectivity index (χ2v) is 11.1. The molecule has 0 spiro atoms. The average molecular weight is 538 g/mol. The average Bonchev–Trinajstić information content (AvgIpc) is 3.42. The van der Waals surface area contributed by atoms with E-state index in [1.54, 1.807) is 35.4 Å². The second-order valence-electron chi connectivity index (χ2n) is 10.4. The van der Waals surface area contributed by atoms with Crippen molar-refractivity contribution < 1.29 is 18.7 Å². The monoisotopic (exact) mass is 537 g/mol. The van der Waals surface area contributed by atoms with Gasteiger partial charge in [-0.3, -0.25) is 4.79 Å². The van der Waals surface area contributed by atoms with E-state index in [4.69, 9.17) is 10.5 Å². The summed E-state index contributed by atoms with van der Waals surface area (Å²) in [6, 6.07) is 8.92. The van der Waals surface area contributed by atoms with Gasteiger partial charge < -0.3 is 20.7 Å². The number of nitrogens with zero attached hydrogens (tertiary/aromatic N) is 3. The highest BCUT2D eigenvalue weighted by Gasteiger charge is 2.42. The first-order valence-electron chi connectivity index (χ1n) is 12.9. The molecule has 2 fully saturated rings. The van der Waals surface area contributed by atoms with Crippen LogP contribution in [0.15, 0.2) is 41.1 Å². The molecule has 200 valence electrons. The Morgan fingerprint density at radius 3 is 2.55 bits per heavy atom. The third-order valence-corrected chi connectivity index (χ3v) is 8.45. The van der Waals surface area contributed by atoms with Crippen molar-refractivity contribution >= 4 is 29.2 Å². The van der Waals surface area contributed by atoms with Gasteiger partial charge in [-0.1, -0.05) is 12.1 Å². The Morgan fingerprint density at radius 1 is 1.16 bits per heavy atom. The molecule has 2 aromatic heterocycles. The van der Waals surface area contributed by atoms with E-state index in [-0.39, 0.29) is 29.8 Å². The van der Waals surface area contributed by atoms with Gasteiger partial charge in [-0.25, -0.2) is 9.18 Å². The molecule has 2 aliphatic carbocycles. The van der Waals surface area contributed by atoms with Crippen molar-refractivity contribution in [2.75, 3.05) is 19.5 Å². The molecule has 0 radical (unpaired) electrons. The zero-order chi connectivity index (χ0) is 26.9. The summed E-state index contributed by atoms with van der Waals surface area (Å²) in [7, 11) is 3.13. The van der Waals surface area contributed by atoms with E-state index in [2.05, 4.69) is 15.5 Å². The predicted octanol–water partition coefficient (Wildman–Crippen LogP) is 5.54. The molecule has 8 nitrogen and oxygen atoms in total. The maximum atomic E-state index is 14.9. The molecule has 0 aliphatic heterocycles. The molecular weight excluding hydrogens is 505 g/mol. The van der Waals surface area contributed by atoms with Crippen molar-refractivity contribution in [1.82, 2.24) is 15.1 Å². The Balaban J connectivity index is 1.28. The second kappa shape index (κ2) is 10.8. The molecule has 2 amide bonds. The highest BCUT2D eigenvalue weighted by atomic mass is 32.1. The smallest absolute Gasteiger partial charge is 0.409 e. The lowest BCUT2D eigenvalue weighted by Crippen LogP contribution is -2.39. The number of benzene rings is 1. The number of rotatable bonds is 7. The molecule has 0 atom stereocenters. The molecular formula is C28H32FN5O3S. The van der Waals surface area contributed by atoms with Gasteiger partial charge in [0, 0.05) is 41.7 Å². The SMILES string of the molecule is COC(=O)N(C)[C@H]1CC[C@H](CC(=O)Nc2cc(-c3ccsc3)c(-c3ccc(C4(N)CC4)c(F)c3)nn2)CC1. The minimum atomic E-state index is -0.560. The summed E-state index contributed by atoms with van der Waals surface area (Å²) in [5.41, 5.74) is 9.02. The van der Waals surface area contributed by atoms with Crippen LogP contribution in [0.1, 0.15) is 50.5 Å². The normalized spacial score (nSPS) is 20.0. The van der Waals surface area contributed by atoms with Gasteiger partial charge in [-0.05, 0) is 79.0 Å². The Morgan fingerprint density at radius 2 is 1.92 bits per heavy atom. The Bertz CT molecular complexity index is 1320. The topological polar surface area (TPSA) is 110 Å². The fourth-order valence-electron chi connectivity index (χ4n) is 5.26. The van der Waals surface area contributed by atoms with Crippen LogP contribution in [0.3, 0.4) is 0 Å². The molecule has 0 saturated heterocycles. The van der Waals surface area contributed by atoms with Gasteiger partial charge >= 0.3 is 6.09 Å². The number of methoxy groups -OCH3 is 1. The number of amides is 2. The van der Waals surface area contributed by atoms with Gasteiger partial charge in [0.05, 0.1) is 7.11 Å². The molecule has 3 N–H and O–H groups in total. The van der Waals surface area contributed by atoms with Crippen LogP contribution in [-0.2, 0) is 15.1 Å². The van der Waals surface area contributed by atoms with Gasteiger partial charge in [0.15, 0.2) is 5.82 Å². The van der Waals surface area contributed by atoms with Gasteiger partial charge in [-0.2, -0.15) is 11.3 Å². The molecule has 2 saturated carbocycles. The summed E-state index contributed by atoms with van der Waals surface area (Å²) in [6.07, 6.45) is 4.99. The van der Waals surface area contributed by atoms with Crippen LogP contribution in [0.2, 0.25) is 0 Å². The number of nitrogens with one attached hydrogen (secondary N) is 1. The number of anilines is 1. The number of thiophene rings is 1. The van der Waals surface area contributed by atoms with Crippen LogP contribution in [-0.4, -0.2) is 47.3 Å². The van der Waals surface area contributed by atoms with Crippen molar-refractivity contribution in [3.05, 3.63) is 52.5 Å². The number of hydrogen-bond acceptors (Lipinski definition) is 7. The third kappa shape index (κ3) is 5.56. The number of hydrogen-bond donors (Lipinski definition) is 2. The minimum absolute atomic E-state index is 0.124. The van der Waals surface area contributed by atoms with Crippen molar-refractivity contribution in [2.45, 2.75) is 56.5 Å². The number of ether oxygens (including phenoxy) is 1. The largest absolute Gasteiger partial charge is 0.453 e. The standard InChI is InChI=1S/C28H32FN5O3S/c1-34(27(36)37-2)20-6-3-17(4-7-20)13-25(35)31-24-15-21(19-9-12-38-16-19)26(33-32-24)18-5-8-22(23(29)14-18)28(30)10-11-28/h5,8-9,12,14-17,20H,3-4,6-7,10-11,13,30H2,1-2H3,(H,31,32,35)/t17-,20-. The number of aromatic nitrogens is 2. The summed E-state index contributed by atoms with van der Waals surface area (Å²) in [4.78, 5) is 26.3. The van der Waals surface area contributed by atoms with Crippen molar-refractivity contribution in [1.29, 1.82) is 0 Å². The molecule has 1 aromatic carbocycles. The first kappa shape index (κ1) is 26.2. The summed E-state index contributed by atoms with van der Waals surface area (Å²) in [6.45, 7) is 0. The minimum Gasteiger partial charge on any atom is -0.453 e. The fraction of sp³-hybridized carbons (Fsp3) is 0.429. The molecule has 0 unspecified atom stereocenters. The number of carbonyl (C=O) groups is 2. The molecule has 2 heterocycles. The van der Waals surface area contributed by atoms with Gasteiger partial charge in [0.25, 0.3) is 0 Å². The van der Waals surface area contributed by atoms with E-state index in [1.807, 2.05) is 22.9 Å². The lowest BCUT2D eigenvalue weighted by atomic mass is 9.83. The van der Waals surface area contributed by atoms with Crippen molar-refractivity contribution in [2.24, 2.45) is 11.7 Å². The predicted molar refractivity (Wildman–Crippen MR) is 145 cm³/mol. The lowest BCUT2D eigenvalue weighted by Gasteiger charge is -2.33. The molecule has 0 bridgehead atoms. The summed E-state index contributed by atoms with van der Waals surface area (Å²) >= 11 is 1.55. The van der Waals surface area contributed by atoms with E-state index >= 15 is 0 Å². The van der Waals surface area contributed by atoms with Crippen LogP contribution in [0.4, 0.5) is 15.0 Å². The van der Waals surface area contributed by atoms with Gasteiger partial charge in [0.1, 0.15) is 11.5 Å². The first-order valence-corrected chi connectivity index (χ1v) is 13.8. The summed E-state index contributed by atoms with van der Waals surface area (Å²) < 4.78 is 19.7. The summed E-state index contributed by atoms with van der Waals surface area (Å²) in [5.74, 6) is 0.126. The zero-order valence-corrected chi connectivity index (χ0v) is 22.4. The van der Waals surface area contributed by atoms with Crippen molar-refractivity contribution in [3.8, 4) is 22.4 Å². The van der Waals surface area contributed by atoms with E-state index in [1.165, 1.54) is 13.2 Å². The Hall–Kier alpha value is -3.37. The Kier molecular flexibility index (Phi) is 7.45. The lowest BCUT2D eigenvalue weighted by molar-refractivity contribution is -0.117. The van der Waals surface area contributed by atoms with E-state index in [9.17, 15) is 14.0 Å². The molecule has 38 heavy (non-hydrogen) atoms. The quantitative estimate of drug-likeness (QED) is 0.409. The number of halogens is 1. The third-order valence-electron chi connectivity index (χ3n) is 7.76. The highest BCUT2D eigenvalue weighted by molar-refractivity contribution is 7.08.